The predicted octanol–water partition coefficient (Wildman–Crippen LogP) is 4.52. The zero-order chi connectivity index (χ0) is 22.3. The second kappa shape index (κ2) is 10.8. The number of hydrogen-bond acceptors (Lipinski definition) is 7. The highest BCUT2D eigenvalue weighted by Crippen LogP contribution is 2.22. The number of nitrogens with one attached hydrogen (secondary N) is 2. The fraction of sp³-hybridized carbons (Fsp3) is 0.150. The molecule has 164 valence electrons. The summed E-state index contributed by atoms with van der Waals surface area (Å²) in [6.07, 6.45) is 1.42. The molecule has 0 saturated carbocycles. The van der Waals surface area contributed by atoms with Gasteiger partial charge >= 0.3 is 0 Å². The molecule has 0 spiro atoms. The molecule has 3 N–H and O–H groups in total. The highest BCUT2D eigenvalue weighted by atomic mass is 35.5. The van der Waals surface area contributed by atoms with Crippen molar-refractivity contribution in [2.45, 2.75) is 12.3 Å². The highest BCUT2D eigenvalue weighted by molar-refractivity contribution is 7.91. The molecule has 0 fully saturated rings. The van der Waals surface area contributed by atoms with Gasteiger partial charge in [-0.05, 0) is 35.4 Å². The third kappa shape index (κ3) is 7.98. The van der Waals surface area contributed by atoms with Crippen LogP contribution < -0.4 is 10.2 Å². The van der Waals surface area contributed by atoms with Gasteiger partial charge in [-0.2, -0.15) is 5.06 Å². The van der Waals surface area contributed by atoms with Crippen LogP contribution in [0.4, 0.5) is 11.5 Å². The third-order valence-electron chi connectivity index (χ3n) is 3.91. The Labute approximate surface area is 190 Å². The molecule has 31 heavy (non-hydrogen) atoms. The van der Waals surface area contributed by atoms with Gasteiger partial charge in [0.25, 0.3) is 0 Å². The Morgan fingerprint density at radius 2 is 1.71 bits per heavy atom. The predicted molar refractivity (Wildman–Crippen MR) is 120 cm³/mol. The van der Waals surface area contributed by atoms with Crippen molar-refractivity contribution in [3.8, 4) is 0 Å². The van der Waals surface area contributed by atoms with Crippen molar-refractivity contribution in [1.29, 1.82) is 0 Å². The monoisotopic (exact) mass is 482 g/mol. The number of anilines is 2. The van der Waals surface area contributed by atoms with Crippen LogP contribution in [0, 0.1) is 0 Å². The van der Waals surface area contributed by atoms with Gasteiger partial charge in [0.15, 0.2) is 5.82 Å². The number of rotatable bonds is 10. The lowest BCUT2D eigenvalue weighted by atomic mass is 10.2. The first-order valence-electron chi connectivity index (χ1n) is 9.06. The summed E-state index contributed by atoms with van der Waals surface area (Å²) < 4.78 is 27.4. The molecule has 2 aromatic carbocycles. The SMILES string of the molecule is O=S(=O)(Cc1cc(Cl)cc(Cl)c1)Nc1ccnc(NOCN(O)Cc2ccccc2)c1. The van der Waals surface area contributed by atoms with E-state index >= 15 is 0 Å². The molecule has 1 aromatic heterocycles. The Bertz CT molecular complexity index is 1100. The van der Waals surface area contributed by atoms with Gasteiger partial charge in [-0.25, -0.2) is 18.9 Å². The molecule has 0 amide bonds. The first-order valence-corrected chi connectivity index (χ1v) is 11.5. The van der Waals surface area contributed by atoms with E-state index in [1.807, 2.05) is 30.3 Å². The number of halogens is 2. The molecule has 0 bridgehead atoms. The second-order valence-electron chi connectivity index (χ2n) is 6.59. The molecule has 0 atom stereocenters. The van der Waals surface area contributed by atoms with Gasteiger partial charge in [0.1, 0.15) is 6.73 Å². The lowest BCUT2D eigenvalue weighted by Gasteiger charge is -2.15. The van der Waals surface area contributed by atoms with E-state index in [0.29, 0.717) is 21.3 Å². The largest absolute Gasteiger partial charge is 0.311 e. The zero-order valence-electron chi connectivity index (χ0n) is 16.2. The van der Waals surface area contributed by atoms with Crippen LogP contribution in [0.1, 0.15) is 11.1 Å². The molecule has 0 radical (unpaired) electrons. The number of pyridine rings is 1. The molecule has 0 saturated heterocycles. The first kappa shape index (κ1) is 23.3. The van der Waals surface area contributed by atoms with Crippen molar-refractivity contribution in [3.05, 3.63) is 88.0 Å². The van der Waals surface area contributed by atoms with Crippen LogP contribution in [-0.4, -0.2) is 30.4 Å². The molecule has 0 aliphatic rings. The van der Waals surface area contributed by atoms with Gasteiger partial charge in [-0.3, -0.25) is 9.56 Å². The minimum absolute atomic E-state index is 0.137. The number of sulfonamides is 1. The van der Waals surface area contributed by atoms with E-state index in [1.54, 1.807) is 0 Å². The van der Waals surface area contributed by atoms with E-state index in [1.165, 1.54) is 36.5 Å². The summed E-state index contributed by atoms with van der Waals surface area (Å²) in [5.74, 6) is -0.0347. The second-order valence-corrected chi connectivity index (χ2v) is 9.19. The topological polar surface area (TPSA) is 104 Å². The molecule has 1 heterocycles. The average Bonchev–Trinajstić information content (AvgIpc) is 2.67. The van der Waals surface area contributed by atoms with Crippen molar-refractivity contribution in [2.24, 2.45) is 0 Å². The van der Waals surface area contributed by atoms with Crippen LogP contribution in [0.2, 0.25) is 10.0 Å². The van der Waals surface area contributed by atoms with Gasteiger partial charge in [0, 0.05) is 22.3 Å². The Kier molecular flexibility index (Phi) is 8.08. The maximum Gasteiger partial charge on any atom is 0.236 e. The Morgan fingerprint density at radius 3 is 2.42 bits per heavy atom. The van der Waals surface area contributed by atoms with Gasteiger partial charge in [0.05, 0.1) is 18.0 Å². The minimum Gasteiger partial charge on any atom is -0.311 e. The molecule has 3 aromatic rings. The Hall–Kier alpha value is -2.40. The minimum atomic E-state index is -3.72. The Morgan fingerprint density at radius 1 is 1.00 bits per heavy atom. The van der Waals surface area contributed by atoms with Crippen LogP contribution in [-0.2, 0) is 27.2 Å². The van der Waals surface area contributed by atoms with Crippen LogP contribution in [0.5, 0.6) is 0 Å². The van der Waals surface area contributed by atoms with Gasteiger partial charge in [-0.15, -0.1) is 0 Å². The number of benzene rings is 2. The number of nitrogens with zero attached hydrogens (tertiary/aromatic N) is 2. The van der Waals surface area contributed by atoms with Crippen molar-refractivity contribution in [1.82, 2.24) is 10.0 Å². The van der Waals surface area contributed by atoms with E-state index in [0.717, 1.165) is 10.6 Å². The highest BCUT2D eigenvalue weighted by Gasteiger charge is 2.13. The van der Waals surface area contributed by atoms with Crippen molar-refractivity contribution in [3.63, 3.8) is 0 Å². The molecule has 0 aliphatic carbocycles. The Balaban J connectivity index is 1.53. The number of hydrogen-bond donors (Lipinski definition) is 3. The number of hydroxylamine groups is 2. The maximum absolute atomic E-state index is 12.5. The van der Waals surface area contributed by atoms with Crippen LogP contribution in [0.3, 0.4) is 0 Å². The van der Waals surface area contributed by atoms with Crippen molar-refractivity contribution in [2.75, 3.05) is 16.9 Å². The normalized spacial score (nSPS) is 11.5. The third-order valence-corrected chi connectivity index (χ3v) is 5.61. The molecule has 8 nitrogen and oxygen atoms in total. The van der Waals surface area contributed by atoms with E-state index in [2.05, 4.69) is 15.2 Å². The average molecular weight is 483 g/mol. The summed E-state index contributed by atoms with van der Waals surface area (Å²) in [6, 6.07) is 17.0. The fourth-order valence-corrected chi connectivity index (χ4v) is 4.43. The summed E-state index contributed by atoms with van der Waals surface area (Å²) in [7, 11) is -3.72. The summed E-state index contributed by atoms with van der Waals surface area (Å²) in [5.41, 5.74) is 4.24. The van der Waals surface area contributed by atoms with E-state index < -0.39 is 10.0 Å². The van der Waals surface area contributed by atoms with Gasteiger partial charge in [0.2, 0.25) is 10.0 Å². The van der Waals surface area contributed by atoms with Crippen LogP contribution in [0.15, 0.2) is 66.9 Å². The molecule has 3 rings (SSSR count). The van der Waals surface area contributed by atoms with Crippen molar-refractivity contribution >= 4 is 44.7 Å². The standard InChI is InChI=1S/C20H20Cl2N4O4S/c21-17-8-16(9-18(22)10-17)13-31(28,29)25-19-6-7-23-20(11-19)24-30-14-26(27)12-15-4-2-1-3-5-15/h1-11,27H,12-14H2,(H2,23,24,25). The lowest BCUT2D eigenvalue weighted by molar-refractivity contribution is -0.159. The van der Waals surface area contributed by atoms with Crippen LogP contribution >= 0.6 is 23.2 Å². The molecular weight excluding hydrogens is 463 g/mol. The quantitative estimate of drug-likeness (QED) is 0.288. The smallest absolute Gasteiger partial charge is 0.236 e. The van der Waals surface area contributed by atoms with Crippen molar-refractivity contribution < 1.29 is 18.5 Å². The summed E-state index contributed by atoms with van der Waals surface area (Å²) >= 11 is 11.8. The summed E-state index contributed by atoms with van der Waals surface area (Å²) in [6.45, 7) is 0.144. The molecule has 0 aliphatic heterocycles. The summed E-state index contributed by atoms with van der Waals surface area (Å²) in [4.78, 5) is 9.27. The van der Waals surface area contributed by atoms with Crippen LogP contribution in [0.25, 0.3) is 0 Å². The summed E-state index contributed by atoms with van der Waals surface area (Å²) in [5, 5.41) is 11.6. The zero-order valence-corrected chi connectivity index (χ0v) is 18.5. The van der Waals surface area contributed by atoms with E-state index in [9.17, 15) is 13.6 Å². The lowest BCUT2D eigenvalue weighted by Crippen LogP contribution is -2.24. The van der Waals surface area contributed by atoms with E-state index in [4.69, 9.17) is 28.0 Å². The van der Waals surface area contributed by atoms with Gasteiger partial charge in [-0.1, -0.05) is 53.5 Å². The fourth-order valence-electron chi connectivity index (χ4n) is 2.70. The molecule has 11 heteroatoms. The molecular formula is C20H20Cl2N4O4S. The van der Waals surface area contributed by atoms with E-state index in [-0.39, 0.29) is 24.8 Å². The first-order chi connectivity index (χ1) is 14.8. The van der Waals surface area contributed by atoms with Gasteiger partial charge < -0.3 is 5.21 Å². The number of aromatic nitrogens is 1. The maximum atomic E-state index is 12.5. The molecule has 0 unspecified atom stereocenters.